The van der Waals surface area contributed by atoms with Crippen molar-refractivity contribution in [2.75, 3.05) is 0 Å². The van der Waals surface area contributed by atoms with Crippen LogP contribution in [0.2, 0.25) is 0 Å². The normalized spacial score (nSPS) is 11.5. The van der Waals surface area contributed by atoms with Gasteiger partial charge in [-0.05, 0) is 58.7 Å². The molecule has 0 amide bonds. The molecule has 0 aliphatic carbocycles. The van der Waals surface area contributed by atoms with E-state index in [0.29, 0.717) is 12.3 Å². The van der Waals surface area contributed by atoms with Crippen LogP contribution in [0.25, 0.3) is 10.9 Å². The van der Waals surface area contributed by atoms with E-state index in [1.165, 1.54) is 11.6 Å². The van der Waals surface area contributed by atoms with Crippen molar-refractivity contribution >= 4 is 44.7 Å². The van der Waals surface area contributed by atoms with Gasteiger partial charge in [-0.15, -0.1) is 0 Å². The van der Waals surface area contributed by atoms with Crippen LogP contribution in [0.4, 0.5) is 5.69 Å². The molecule has 0 spiro atoms. The van der Waals surface area contributed by atoms with E-state index in [-0.39, 0.29) is 5.76 Å². The van der Waals surface area contributed by atoms with Crippen molar-refractivity contribution in [2.45, 2.75) is 13.5 Å². The van der Waals surface area contributed by atoms with Gasteiger partial charge in [-0.3, -0.25) is 4.99 Å². The lowest BCUT2D eigenvalue weighted by Crippen LogP contribution is -1.97. The second-order valence-electron chi connectivity index (χ2n) is 6.51. The SMILES string of the molecule is Cc1ccc(N=Cc2cn(Cc3ccc(C(=O)O)o3)c3ccccc23)c(Br)c1. The Kier molecular flexibility index (Phi) is 4.88. The molecule has 0 aliphatic heterocycles. The van der Waals surface area contributed by atoms with Crippen molar-refractivity contribution in [1.82, 2.24) is 4.57 Å². The summed E-state index contributed by atoms with van der Waals surface area (Å²) in [6, 6.07) is 17.2. The van der Waals surface area contributed by atoms with Gasteiger partial charge in [0.25, 0.3) is 0 Å². The summed E-state index contributed by atoms with van der Waals surface area (Å²) in [5, 5.41) is 10.1. The van der Waals surface area contributed by atoms with Crippen molar-refractivity contribution in [2.24, 2.45) is 4.99 Å². The van der Waals surface area contributed by atoms with Crippen LogP contribution in [0.5, 0.6) is 0 Å². The van der Waals surface area contributed by atoms with Crippen molar-refractivity contribution in [3.05, 3.63) is 87.9 Å². The highest BCUT2D eigenvalue weighted by Crippen LogP contribution is 2.27. The van der Waals surface area contributed by atoms with Crippen LogP contribution in [0.15, 0.2) is 74.7 Å². The number of aromatic nitrogens is 1. The van der Waals surface area contributed by atoms with Crippen LogP contribution in [0, 0.1) is 6.92 Å². The van der Waals surface area contributed by atoms with Crippen LogP contribution >= 0.6 is 15.9 Å². The predicted octanol–water partition coefficient (Wildman–Crippen LogP) is 5.80. The first-order valence-electron chi connectivity index (χ1n) is 8.71. The lowest BCUT2D eigenvalue weighted by Gasteiger charge is -2.02. The number of halogens is 1. The van der Waals surface area contributed by atoms with Gasteiger partial charge in [-0.1, -0.05) is 24.3 Å². The number of carboxylic acid groups (broad SMARTS) is 1. The third-order valence-corrected chi connectivity index (χ3v) is 5.10. The quantitative estimate of drug-likeness (QED) is 0.401. The van der Waals surface area contributed by atoms with Crippen LogP contribution in [-0.2, 0) is 6.54 Å². The van der Waals surface area contributed by atoms with Gasteiger partial charge in [0.05, 0.1) is 12.2 Å². The lowest BCUT2D eigenvalue weighted by molar-refractivity contribution is 0.0660. The molecule has 0 aliphatic rings. The number of hydrogen-bond acceptors (Lipinski definition) is 3. The molecule has 2 aromatic carbocycles. The van der Waals surface area contributed by atoms with Gasteiger partial charge in [-0.2, -0.15) is 0 Å². The second-order valence-corrected chi connectivity index (χ2v) is 7.37. The molecule has 28 heavy (non-hydrogen) atoms. The Bertz CT molecular complexity index is 1200. The van der Waals surface area contributed by atoms with E-state index in [1.54, 1.807) is 6.07 Å². The largest absolute Gasteiger partial charge is 0.475 e. The Morgan fingerprint density at radius 2 is 2.04 bits per heavy atom. The Hall–Kier alpha value is -3.12. The zero-order chi connectivity index (χ0) is 19.7. The molecule has 4 aromatic rings. The maximum atomic E-state index is 11.0. The molecule has 6 heteroatoms. The molecule has 0 saturated carbocycles. The molecule has 0 radical (unpaired) electrons. The minimum absolute atomic E-state index is 0.0579. The number of carbonyl (C=O) groups is 1. The summed E-state index contributed by atoms with van der Waals surface area (Å²) in [5.74, 6) is -0.541. The minimum atomic E-state index is -1.07. The molecular weight excluding hydrogens is 420 g/mol. The maximum Gasteiger partial charge on any atom is 0.371 e. The van der Waals surface area contributed by atoms with Crippen molar-refractivity contribution in [1.29, 1.82) is 0 Å². The number of nitrogens with zero attached hydrogens (tertiary/aromatic N) is 2. The summed E-state index contributed by atoms with van der Waals surface area (Å²) < 4.78 is 8.38. The van der Waals surface area contributed by atoms with E-state index in [1.807, 2.05) is 66.4 Å². The summed E-state index contributed by atoms with van der Waals surface area (Å²) in [7, 11) is 0. The van der Waals surface area contributed by atoms with E-state index in [9.17, 15) is 4.79 Å². The number of carboxylic acids is 1. The molecule has 2 heterocycles. The van der Waals surface area contributed by atoms with Gasteiger partial charge in [0.15, 0.2) is 0 Å². The number of aromatic carboxylic acids is 1. The lowest BCUT2D eigenvalue weighted by atomic mass is 10.2. The number of hydrogen-bond donors (Lipinski definition) is 1. The molecule has 4 rings (SSSR count). The third-order valence-electron chi connectivity index (χ3n) is 4.46. The number of benzene rings is 2. The van der Waals surface area contributed by atoms with Gasteiger partial charge >= 0.3 is 5.97 Å². The molecule has 2 aromatic heterocycles. The zero-order valence-electron chi connectivity index (χ0n) is 15.1. The van der Waals surface area contributed by atoms with Crippen molar-refractivity contribution < 1.29 is 14.3 Å². The fourth-order valence-corrected chi connectivity index (χ4v) is 3.71. The molecule has 140 valence electrons. The number of fused-ring (bicyclic) bond motifs is 1. The number of aliphatic imine (C=N–C) groups is 1. The van der Waals surface area contributed by atoms with Gasteiger partial charge in [-0.25, -0.2) is 4.79 Å². The summed E-state index contributed by atoms with van der Waals surface area (Å²) in [5.41, 5.74) is 4.04. The van der Waals surface area contributed by atoms with E-state index >= 15 is 0 Å². The predicted molar refractivity (Wildman–Crippen MR) is 113 cm³/mol. The molecule has 0 saturated heterocycles. The number of para-hydroxylation sites is 1. The van der Waals surface area contributed by atoms with Gasteiger partial charge in [0.2, 0.25) is 5.76 Å². The highest BCUT2D eigenvalue weighted by molar-refractivity contribution is 9.10. The minimum Gasteiger partial charge on any atom is -0.475 e. The van der Waals surface area contributed by atoms with E-state index in [2.05, 4.69) is 20.9 Å². The summed E-state index contributed by atoms with van der Waals surface area (Å²) in [6.07, 6.45) is 3.85. The standard InChI is InChI=1S/C22H17BrN2O3/c1-14-6-8-19(18(23)10-14)24-11-15-12-25(20-5-3-2-4-17(15)20)13-16-7-9-21(28-16)22(26)27/h2-12H,13H2,1H3,(H,26,27). The average Bonchev–Trinajstić information content (AvgIpc) is 3.27. The first-order chi connectivity index (χ1) is 13.5. The first kappa shape index (κ1) is 18.3. The highest BCUT2D eigenvalue weighted by atomic mass is 79.9. The fraction of sp³-hybridized carbons (Fsp3) is 0.0909. The molecule has 1 N–H and O–H groups in total. The Balaban J connectivity index is 1.69. The average molecular weight is 437 g/mol. The van der Waals surface area contributed by atoms with Crippen LogP contribution in [0.3, 0.4) is 0 Å². The van der Waals surface area contributed by atoms with Gasteiger partial charge < -0.3 is 14.1 Å². The smallest absolute Gasteiger partial charge is 0.371 e. The van der Waals surface area contributed by atoms with E-state index in [4.69, 9.17) is 9.52 Å². The summed E-state index contributed by atoms with van der Waals surface area (Å²) in [6.45, 7) is 2.48. The molecule has 0 unspecified atom stereocenters. The molecular formula is C22H17BrN2O3. The first-order valence-corrected chi connectivity index (χ1v) is 9.50. The Morgan fingerprint density at radius 1 is 1.21 bits per heavy atom. The van der Waals surface area contributed by atoms with E-state index in [0.717, 1.165) is 26.6 Å². The van der Waals surface area contributed by atoms with E-state index < -0.39 is 5.97 Å². The second kappa shape index (κ2) is 7.48. The number of furan rings is 1. The molecule has 0 atom stereocenters. The Morgan fingerprint density at radius 3 is 2.79 bits per heavy atom. The van der Waals surface area contributed by atoms with Gasteiger partial charge in [0, 0.05) is 33.4 Å². The fourth-order valence-electron chi connectivity index (χ4n) is 3.11. The van der Waals surface area contributed by atoms with Crippen molar-refractivity contribution in [3.8, 4) is 0 Å². The maximum absolute atomic E-state index is 11.0. The topological polar surface area (TPSA) is 67.7 Å². The third kappa shape index (κ3) is 3.64. The number of aryl methyl sites for hydroxylation is 1. The highest BCUT2D eigenvalue weighted by Gasteiger charge is 2.12. The molecule has 0 fully saturated rings. The molecule has 5 nitrogen and oxygen atoms in total. The summed E-state index contributed by atoms with van der Waals surface area (Å²) >= 11 is 3.55. The zero-order valence-corrected chi connectivity index (χ0v) is 16.7. The monoisotopic (exact) mass is 436 g/mol. The van der Waals surface area contributed by atoms with Crippen LogP contribution < -0.4 is 0 Å². The van der Waals surface area contributed by atoms with Crippen LogP contribution in [0.1, 0.15) is 27.4 Å². The van der Waals surface area contributed by atoms with Crippen molar-refractivity contribution in [3.63, 3.8) is 0 Å². The Labute approximate surface area is 170 Å². The van der Waals surface area contributed by atoms with Crippen LogP contribution in [-0.4, -0.2) is 21.9 Å². The summed E-state index contributed by atoms with van der Waals surface area (Å²) in [4.78, 5) is 15.7. The van der Waals surface area contributed by atoms with Gasteiger partial charge in [0.1, 0.15) is 5.76 Å². The molecule has 0 bridgehead atoms. The number of rotatable bonds is 5.